The number of anilines is 1. The lowest BCUT2D eigenvalue weighted by atomic mass is 10.1. The Labute approximate surface area is 174 Å². The smallest absolute Gasteiger partial charge is 0.315 e. The van der Waals surface area contributed by atoms with Crippen molar-refractivity contribution in [2.75, 3.05) is 37.6 Å². The second kappa shape index (κ2) is 9.79. The van der Waals surface area contributed by atoms with Crippen molar-refractivity contribution in [1.29, 1.82) is 0 Å². The maximum atomic E-state index is 12.2. The number of carbonyl (C=O) groups is 1. The summed E-state index contributed by atoms with van der Waals surface area (Å²) < 4.78 is 0. The highest BCUT2D eigenvalue weighted by Gasteiger charge is 2.22. The van der Waals surface area contributed by atoms with E-state index in [2.05, 4.69) is 69.0 Å². The summed E-state index contributed by atoms with van der Waals surface area (Å²) >= 11 is 0. The number of nitrogens with one attached hydrogen (secondary N) is 2. The van der Waals surface area contributed by atoms with Crippen molar-refractivity contribution in [2.45, 2.75) is 32.4 Å². The Morgan fingerprint density at radius 2 is 1.72 bits per heavy atom. The van der Waals surface area contributed by atoms with Crippen LogP contribution in [0.1, 0.15) is 30.4 Å². The Hall–Kier alpha value is -2.53. The summed E-state index contributed by atoms with van der Waals surface area (Å²) in [6.45, 7) is 6.77. The van der Waals surface area contributed by atoms with Crippen molar-refractivity contribution in [3.8, 4) is 0 Å². The van der Waals surface area contributed by atoms with E-state index in [-0.39, 0.29) is 6.03 Å². The van der Waals surface area contributed by atoms with E-state index in [0.29, 0.717) is 12.5 Å². The summed E-state index contributed by atoms with van der Waals surface area (Å²) in [7, 11) is 0. The molecule has 0 radical (unpaired) electrons. The molecule has 0 spiro atoms. The SMILES string of the molecule is O=C(NCc1cccc(CN2CCCC2)c1)NCC1CCN(c2ccccc2)C1. The van der Waals surface area contributed by atoms with Gasteiger partial charge >= 0.3 is 6.03 Å². The number of hydrogen-bond acceptors (Lipinski definition) is 3. The normalized spacial score (nSPS) is 19.4. The van der Waals surface area contributed by atoms with Gasteiger partial charge in [-0.1, -0.05) is 42.5 Å². The van der Waals surface area contributed by atoms with Crippen LogP contribution in [-0.4, -0.2) is 43.7 Å². The maximum Gasteiger partial charge on any atom is 0.315 e. The molecule has 2 heterocycles. The summed E-state index contributed by atoms with van der Waals surface area (Å²) in [5, 5.41) is 6.06. The fourth-order valence-electron chi connectivity index (χ4n) is 4.39. The van der Waals surface area contributed by atoms with Gasteiger partial charge in [0, 0.05) is 38.4 Å². The Balaban J connectivity index is 1.18. The second-order valence-corrected chi connectivity index (χ2v) is 8.30. The van der Waals surface area contributed by atoms with Crippen LogP contribution in [0.5, 0.6) is 0 Å². The zero-order valence-electron chi connectivity index (χ0n) is 17.1. The van der Waals surface area contributed by atoms with Crippen molar-refractivity contribution < 1.29 is 4.79 Å². The molecule has 5 heteroatoms. The predicted molar refractivity (Wildman–Crippen MR) is 118 cm³/mol. The zero-order valence-corrected chi connectivity index (χ0v) is 17.1. The van der Waals surface area contributed by atoms with Crippen LogP contribution >= 0.6 is 0 Å². The summed E-state index contributed by atoms with van der Waals surface area (Å²) in [6.07, 6.45) is 3.74. The standard InChI is InChI=1S/C24H32N4O/c29-24(26-17-22-11-14-28(19-22)23-9-2-1-3-10-23)25-16-20-7-6-8-21(15-20)18-27-12-4-5-13-27/h1-3,6-10,15,22H,4-5,11-14,16-19H2,(H2,25,26,29). The van der Waals surface area contributed by atoms with Crippen LogP contribution < -0.4 is 15.5 Å². The highest BCUT2D eigenvalue weighted by molar-refractivity contribution is 5.73. The lowest BCUT2D eigenvalue weighted by Crippen LogP contribution is -2.38. The van der Waals surface area contributed by atoms with Crippen LogP contribution in [0.3, 0.4) is 0 Å². The van der Waals surface area contributed by atoms with Crippen LogP contribution in [0.25, 0.3) is 0 Å². The molecule has 2 saturated heterocycles. The van der Waals surface area contributed by atoms with Crippen molar-refractivity contribution in [2.24, 2.45) is 5.92 Å². The number of rotatable bonds is 7. The Morgan fingerprint density at radius 1 is 0.931 bits per heavy atom. The van der Waals surface area contributed by atoms with E-state index in [1.54, 1.807) is 0 Å². The summed E-state index contributed by atoms with van der Waals surface area (Å²) in [5.74, 6) is 0.504. The summed E-state index contributed by atoms with van der Waals surface area (Å²) in [4.78, 5) is 17.1. The minimum Gasteiger partial charge on any atom is -0.371 e. The van der Waals surface area contributed by atoms with E-state index in [9.17, 15) is 4.79 Å². The van der Waals surface area contributed by atoms with Crippen LogP contribution in [0.2, 0.25) is 0 Å². The van der Waals surface area contributed by atoms with Crippen molar-refractivity contribution in [1.82, 2.24) is 15.5 Å². The van der Waals surface area contributed by atoms with Gasteiger partial charge in [0.15, 0.2) is 0 Å². The fourth-order valence-corrected chi connectivity index (χ4v) is 4.39. The first-order valence-electron chi connectivity index (χ1n) is 10.9. The Kier molecular flexibility index (Phi) is 6.67. The number of carbonyl (C=O) groups excluding carboxylic acids is 1. The molecule has 0 aliphatic carbocycles. The molecule has 4 rings (SSSR count). The topological polar surface area (TPSA) is 47.6 Å². The van der Waals surface area contributed by atoms with E-state index >= 15 is 0 Å². The van der Waals surface area contributed by atoms with Gasteiger partial charge in [-0.15, -0.1) is 0 Å². The zero-order chi connectivity index (χ0) is 19.9. The minimum absolute atomic E-state index is 0.0758. The first-order valence-corrected chi connectivity index (χ1v) is 10.9. The van der Waals surface area contributed by atoms with E-state index < -0.39 is 0 Å². The molecule has 2 amide bonds. The molecule has 0 bridgehead atoms. The predicted octanol–water partition coefficient (Wildman–Crippen LogP) is 3.61. The molecule has 29 heavy (non-hydrogen) atoms. The van der Waals surface area contributed by atoms with Gasteiger partial charge in [-0.05, 0) is 61.5 Å². The number of likely N-dealkylation sites (tertiary alicyclic amines) is 1. The average Bonchev–Trinajstić information content (AvgIpc) is 3.44. The largest absolute Gasteiger partial charge is 0.371 e. The van der Waals surface area contributed by atoms with Crippen LogP contribution in [0, 0.1) is 5.92 Å². The third kappa shape index (κ3) is 5.73. The molecule has 2 aliphatic heterocycles. The van der Waals surface area contributed by atoms with E-state index in [1.165, 1.54) is 37.2 Å². The van der Waals surface area contributed by atoms with Crippen LogP contribution in [-0.2, 0) is 13.1 Å². The van der Waals surface area contributed by atoms with Crippen molar-refractivity contribution in [3.05, 3.63) is 65.7 Å². The number of para-hydroxylation sites is 1. The molecule has 154 valence electrons. The highest BCUT2D eigenvalue weighted by Crippen LogP contribution is 2.22. The van der Waals surface area contributed by atoms with Crippen molar-refractivity contribution in [3.63, 3.8) is 0 Å². The molecular weight excluding hydrogens is 360 g/mol. The second-order valence-electron chi connectivity index (χ2n) is 8.30. The molecule has 1 atom stereocenters. The number of amides is 2. The Morgan fingerprint density at radius 3 is 2.55 bits per heavy atom. The van der Waals surface area contributed by atoms with Gasteiger partial charge in [0.2, 0.25) is 0 Å². The molecule has 2 fully saturated rings. The van der Waals surface area contributed by atoms with E-state index in [0.717, 1.165) is 38.2 Å². The maximum absolute atomic E-state index is 12.2. The molecule has 2 aliphatic rings. The highest BCUT2D eigenvalue weighted by atomic mass is 16.2. The quantitative estimate of drug-likeness (QED) is 0.757. The molecule has 5 nitrogen and oxygen atoms in total. The molecule has 2 N–H and O–H groups in total. The van der Waals surface area contributed by atoms with E-state index in [1.807, 2.05) is 6.07 Å². The van der Waals surface area contributed by atoms with Crippen molar-refractivity contribution >= 4 is 11.7 Å². The molecule has 0 aromatic heterocycles. The van der Waals surface area contributed by atoms with Gasteiger partial charge in [-0.3, -0.25) is 4.90 Å². The Bertz CT molecular complexity index is 788. The number of nitrogens with zero attached hydrogens (tertiary/aromatic N) is 2. The fraction of sp³-hybridized carbons (Fsp3) is 0.458. The number of urea groups is 1. The first kappa shape index (κ1) is 19.8. The van der Waals surface area contributed by atoms with E-state index in [4.69, 9.17) is 0 Å². The monoisotopic (exact) mass is 392 g/mol. The lowest BCUT2D eigenvalue weighted by molar-refractivity contribution is 0.239. The van der Waals surface area contributed by atoms with Gasteiger partial charge in [0.25, 0.3) is 0 Å². The van der Waals surface area contributed by atoms with Gasteiger partial charge in [-0.25, -0.2) is 4.79 Å². The number of benzene rings is 2. The molecule has 2 aromatic carbocycles. The third-order valence-corrected chi connectivity index (χ3v) is 6.01. The number of hydrogen-bond donors (Lipinski definition) is 2. The van der Waals surface area contributed by atoms with Crippen LogP contribution in [0.4, 0.5) is 10.5 Å². The lowest BCUT2D eigenvalue weighted by Gasteiger charge is -2.18. The van der Waals surface area contributed by atoms with Gasteiger partial charge in [0.05, 0.1) is 0 Å². The minimum atomic E-state index is -0.0758. The molecule has 1 unspecified atom stereocenters. The molecular formula is C24H32N4O. The first-order chi connectivity index (χ1) is 14.3. The van der Waals surface area contributed by atoms with Crippen LogP contribution in [0.15, 0.2) is 54.6 Å². The molecule has 0 saturated carbocycles. The van der Waals surface area contributed by atoms with Gasteiger partial charge < -0.3 is 15.5 Å². The van der Waals surface area contributed by atoms with Gasteiger partial charge in [-0.2, -0.15) is 0 Å². The summed E-state index contributed by atoms with van der Waals surface area (Å²) in [5.41, 5.74) is 3.76. The van der Waals surface area contributed by atoms with Gasteiger partial charge in [0.1, 0.15) is 0 Å². The summed E-state index contributed by atoms with van der Waals surface area (Å²) in [6, 6.07) is 19.0. The third-order valence-electron chi connectivity index (χ3n) is 6.01. The average molecular weight is 393 g/mol. The molecule has 2 aromatic rings.